The van der Waals surface area contributed by atoms with Crippen molar-refractivity contribution >= 4 is 0 Å². The molecular weight excluding hydrogens is 198 g/mol. The molecule has 2 fully saturated rings. The molecule has 0 bridgehead atoms. The Hall–Kier alpha value is -0.120. The van der Waals surface area contributed by atoms with Gasteiger partial charge in [0, 0.05) is 18.6 Å². The first kappa shape index (κ1) is 12.3. The van der Waals surface area contributed by atoms with E-state index in [4.69, 9.17) is 0 Å². The lowest BCUT2D eigenvalue weighted by atomic mass is 10.2. The van der Waals surface area contributed by atoms with Crippen LogP contribution >= 0.6 is 0 Å². The molecule has 1 heterocycles. The summed E-state index contributed by atoms with van der Waals surface area (Å²) in [7, 11) is 4.33. The highest BCUT2D eigenvalue weighted by Crippen LogP contribution is 2.27. The fraction of sp³-hybridized carbons (Fsp3) is 1.00. The van der Waals surface area contributed by atoms with E-state index in [1.54, 1.807) is 0 Å². The first-order chi connectivity index (χ1) is 7.75. The normalized spacial score (nSPS) is 25.9. The average Bonchev–Trinajstić information content (AvgIpc) is 2.96. The molecule has 0 aromatic carbocycles. The van der Waals surface area contributed by atoms with Crippen molar-refractivity contribution in [2.24, 2.45) is 0 Å². The standard InChI is InChI=1S/C13H27N3/c1-15(2)9-4-10-16(13-6-7-13)11-12-5-3-8-14-12/h12-14H,3-11H2,1-2H3. The Balaban J connectivity index is 1.67. The van der Waals surface area contributed by atoms with Crippen molar-refractivity contribution in [3.8, 4) is 0 Å². The Morgan fingerprint density at radius 3 is 2.50 bits per heavy atom. The first-order valence-electron chi connectivity index (χ1n) is 6.88. The van der Waals surface area contributed by atoms with Gasteiger partial charge in [-0.05, 0) is 65.8 Å². The highest BCUT2D eigenvalue weighted by molar-refractivity contribution is 4.88. The van der Waals surface area contributed by atoms with Gasteiger partial charge in [0.25, 0.3) is 0 Å². The smallest absolute Gasteiger partial charge is 0.0195 e. The molecule has 0 spiro atoms. The van der Waals surface area contributed by atoms with Gasteiger partial charge in [0.15, 0.2) is 0 Å². The maximum atomic E-state index is 3.62. The summed E-state index contributed by atoms with van der Waals surface area (Å²) in [5.41, 5.74) is 0. The Kier molecular flexibility index (Phi) is 4.62. The quantitative estimate of drug-likeness (QED) is 0.701. The van der Waals surface area contributed by atoms with Crippen LogP contribution in [0.2, 0.25) is 0 Å². The first-order valence-corrected chi connectivity index (χ1v) is 6.88. The molecule has 1 unspecified atom stereocenters. The molecule has 94 valence electrons. The molecule has 1 aliphatic heterocycles. The van der Waals surface area contributed by atoms with Gasteiger partial charge < -0.3 is 10.2 Å². The number of hydrogen-bond donors (Lipinski definition) is 1. The molecule has 3 nitrogen and oxygen atoms in total. The summed E-state index contributed by atoms with van der Waals surface area (Å²) < 4.78 is 0. The molecule has 2 rings (SSSR count). The van der Waals surface area contributed by atoms with Gasteiger partial charge in [-0.2, -0.15) is 0 Å². The molecule has 1 saturated heterocycles. The SMILES string of the molecule is CN(C)CCCN(CC1CCCN1)C1CC1. The van der Waals surface area contributed by atoms with Crippen LogP contribution in [0.15, 0.2) is 0 Å². The molecule has 3 heteroatoms. The molecule has 2 aliphatic rings. The summed E-state index contributed by atoms with van der Waals surface area (Å²) in [6.07, 6.45) is 6.96. The molecule has 1 atom stereocenters. The minimum atomic E-state index is 0.778. The van der Waals surface area contributed by atoms with E-state index in [1.165, 1.54) is 58.3 Å². The Morgan fingerprint density at radius 2 is 1.94 bits per heavy atom. The van der Waals surface area contributed by atoms with Crippen LogP contribution in [0.4, 0.5) is 0 Å². The average molecular weight is 225 g/mol. The summed E-state index contributed by atoms with van der Waals surface area (Å²) in [5.74, 6) is 0. The van der Waals surface area contributed by atoms with Crippen LogP contribution < -0.4 is 5.32 Å². The van der Waals surface area contributed by atoms with Gasteiger partial charge in [-0.25, -0.2) is 0 Å². The van der Waals surface area contributed by atoms with E-state index < -0.39 is 0 Å². The van der Waals surface area contributed by atoms with Crippen molar-refractivity contribution in [2.75, 3.05) is 40.3 Å². The summed E-state index contributed by atoms with van der Waals surface area (Å²) in [5, 5.41) is 3.62. The second-order valence-corrected chi connectivity index (χ2v) is 5.68. The molecule has 0 radical (unpaired) electrons. The third-order valence-corrected chi connectivity index (χ3v) is 3.73. The van der Waals surface area contributed by atoms with E-state index in [1.807, 2.05) is 0 Å². The highest BCUT2D eigenvalue weighted by Gasteiger charge is 2.30. The molecule has 0 amide bonds. The summed E-state index contributed by atoms with van der Waals surface area (Å²) in [6, 6.07) is 1.70. The Morgan fingerprint density at radius 1 is 1.12 bits per heavy atom. The van der Waals surface area contributed by atoms with Crippen LogP contribution in [0.1, 0.15) is 32.1 Å². The third-order valence-electron chi connectivity index (χ3n) is 3.73. The lowest BCUT2D eigenvalue weighted by Gasteiger charge is -2.26. The zero-order valence-electron chi connectivity index (χ0n) is 10.9. The van der Waals surface area contributed by atoms with E-state index in [9.17, 15) is 0 Å². The van der Waals surface area contributed by atoms with Crippen molar-refractivity contribution in [2.45, 2.75) is 44.2 Å². The van der Waals surface area contributed by atoms with Gasteiger partial charge in [0.1, 0.15) is 0 Å². The van der Waals surface area contributed by atoms with E-state index in [0.29, 0.717) is 0 Å². The second kappa shape index (κ2) is 5.99. The Bertz CT molecular complexity index is 195. The van der Waals surface area contributed by atoms with Crippen LogP contribution in [0.25, 0.3) is 0 Å². The zero-order chi connectivity index (χ0) is 11.4. The van der Waals surface area contributed by atoms with Gasteiger partial charge in [0.2, 0.25) is 0 Å². The fourth-order valence-electron chi connectivity index (χ4n) is 2.65. The maximum absolute atomic E-state index is 3.62. The minimum Gasteiger partial charge on any atom is -0.313 e. The van der Waals surface area contributed by atoms with Crippen molar-refractivity contribution in [3.05, 3.63) is 0 Å². The van der Waals surface area contributed by atoms with Crippen molar-refractivity contribution < 1.29 is 0 Å². The zero-order valence-corrected chi connectivity index (χ0v) is 10.9. The van der Waals surface area contributed by atoms with Gasteiger partial charge in [-0.15, -0.1) is 0 Å². The second-order valence-electron chi connectivity index (χ2n) is 5.68. The van der Waals surface area contributed by atoms with Gasteiger partial charge in [0.05, 0.1) is 0 Å². The predicted molar refractivity (Wildman–Crippen MR) is 68.8 cm³/mol. The predicted octanol–water partition coefficient (Wildman–Crippen LogP) is 1.15. The van der Waals surface area contributed by atoms with E-state index in [0.717, 1.165) is 12.1 Å². The number of hydrogen-bond acceptors (Lipinski definition) is 3. The largest absolute Gasteiger partial charge is 0.313 e. The fourth-order valence-corrected chi connectivity index (χ4v) is 2.65. The molecule has 0 aromatic rings. The summed E-state index contributed by atoms with van der Waals surface area (Å²) in [6.45, 7) is 5.04. The van der Waals surface area contributed by atoms with Gasteiger partial charge in [-0.1, -0.05) is 0 Å². The lowest BCUT2D eigenvalue weighted by molar-refractivity contribution is 0.226. The highest BCUT2D eigenvalue weighted by atomic mass is 15.2. The van der Waals surface area contributed by atoms with Gasteiger partial charge >= 0.3 is 0 Å². The monoisotopic (exact) mass is 225 g/mol. The molecule has 0 aromatic heterocycles. The van der Waals surface area contributed by atoms with Crippen LogP contribution in [-0.4, -0.2) is 62.2 Å². The number of rotatable bonds is 7. The van der Waals surface area contributed by atoms with Crippen molar-refractivity contribution in [3.63, 3.8) is 0 Å². The lowest BCUT2D eigenvalue weighted by Crippen LogP contribution is -2.39. The van der Waals surface area contributed by atoms with Crippen molar-refractivity contribution in [1.29, 1.82) is 0 Å². The molecule has 1 saturated carbocycles. The Labute approximate surface area is 100 Å². The maximum Gasteiger partial charge on any atom is 0.0195 e. The topological polar surface area (TPSA) is 18.5 Å². The van der Waals surface area contributed by atoms with E-state index in [2.05, 4.69) is 29.2 Å². The molecule has 1 N–H and O–H groups in total. The van der Waals surface area contributed by atoms with Crippen LogP contribution in [0.5, 0.6) is 0 Å². The van der Waals surface area contributed by atoms with E-state index >= 15 is 0 Å². The van der Waals surface area contributed by atoms with Crippen LogP contribution in [0, 0.1) is 0 Å². The minimum absolute atomic E-state index is 0.778. The van der Waals surface area contributed by atoms with E-state index in [-0.39, 0.29) is 0 Å². The van der Waals surface area contributed by atoms with Crippen LogP contribution in [-0.2, 0) is 0 Å². The number of nitrogens with zero attached hydrogens (tertiary/aromatic N) is 2. The molecule has 16 heavy (non-hydrogen) atoms. The van der Waals surface area contributed by atoms with Gasteiger partial charge in [-0.3, -0.25) is 4.90 Å². The molecular formula is C13H27N3. The van der Waals surface area contributed by atoms with Crippen molar-refractivity contribution in [1.82, 2.24) is 15.1 Å². The van der Waals surface area contributed by atoms with Crippen LogP contribution in [0.3, 0.4) is 0 Å². The number of nitrogens with one attached hydrogen (secondary N) is 1. The third kappa shape index (κ3) is 4.04. The molecule has 1 aliphatic carbocycles. The summed E-state index contributed by atoms with van der Waals surface area (Å²) in [4.78, 5) is 5.02. The summed E-state index contributed by atoms with van der Waals surface area (Å²) >= 11 is 0.